The van der Waals surface area contributed by atoms with Crippen LogP contribution in [0.1, 0.15) is 37.3 Å². The summed E-state index contributed by atoms with van der Waals surface area (Å²) in [7, 11) is 1.90. The maximum Gasteiger partial charge on any atom is 0.219 e. The molecule has 0 spiro atoms. The minimum absolute atomic E-state index is 0.152. The molecule has 0 saturated heterocycles. The highest BCUT2D eigenvalue weighted by molar-refractivity contribution is 5.74. The van der Waals surface area contributed by atoms with Crippen molar-refractivity contribution >= 4 is 5.91 Å². The van der Waals surface area contributed by atoms with Crippen molar-refractivity contribution in [2.24, 2.45) is 0 Å². The topological polar surface area (TPSA) is 29.5 Å². The standard InChI is InChI=1S/C15H19NO2/c1-9-7-13-11(5-4-6-15(13)18-9)12-8-14(12)16(3)10(2)17/h4-6,9,12,14H,7-8H2,1-3H3. The molecule has 1 saturated carbocycles. The van der Waals surface area contributed by atoms with Gasteiger partial charge in [-0.1, -0.05) is 12.1 Å². The van der Waals surface area contributed by atoms with Crippen molar-refractivity contribution in [3.05, 3.63) is 29.3 Å². The molecule has 96 valence electrons. The number of amides is 1. The van der Waals surface area contributed by atoms with Gasteiger partial charge in [0.25, 0.3) is 0 Å². The van der Waals surface area contributed by atoms with Gasteiger partial charge in [0.2, 0.25) is 5.91 Å². The van der Waals surface area contributed by atoms with Gasteiger partial charge >= 0.3 is 0 Å². The van der Waals surface area contributed by atoms with E-state index in [0.717, 1.165) is 18.6 Å². The van der Waals surface area contributed by atoms with E-state index in [1.807, 2.05) is 11.9 Å². The first-order valence-electron chi connectivity index (χ1n) is 6.59. The Morgan fingerprint density at radius 2 is 2.22 bits per heavy atom. The minimum Gasteiger partial charge on any atom is -0.490 e. The zero-order chi connectivity index (χ0) is 12.9. The fraction of sp³-hybridized carbons (Fsp3) is 0.533. The molecule has 1 fully saturated rings. The predicted molar refractivity (Wildman–Crippen MR) is 69.8 cm³/mol. The first-order valence-corrected chi connectivity index (χ1v) is 6.59. The van der Waals surface area contributed by atoms with Gasteiger partial charge in [-0.25, -0.2) is 0 Å². The molecule has 3 rings (SSSR count). The Morgan fingerprint density at radius 3 is 2.94 bits per heavy atom. The molecule has 18 heavy (non-hydrogen) atoms. The molecule has 3 nitrogen and oxygen atoms in total. The molecule has 0 radical (unpaired) electrons. The maximum atomic E-state index is 11.4. The highest BCUT2D eigenvalue weighted by atomic mass is 16.5. The van der Waals surface area contributed by atoms with Gasteiger partial charge in [-0.2, -0.15) is 0 Å². The summed E-state index contributed by atoms with van der Waals surface area (Å²) in [6.07, 6.45) is 2.36. The zero-order valence-corrected chi connectivity index (χ0v) is 11.1. The summed E-state index contributed by atoms with van der Waals surface area (Å²) < 4.78 is 5.79. The molecule has 3 unspecified atom stereocenters. The smallest absolute Gasteiger partial charge is 0.219 e. The van der Waals surface area contributed by atoms with Crippen LogP contribution in [0.3, 0.4) is 0 Å². The zero-order valence-electron chi connectivity index (χ0n) is 11.1. The number of hydrogen-bond acceptors (Lipinski definition) is 2. The van der Waals surface area contributed by atoms with Crippen molar-refractivity contribution < 1.29 is 9.53 Å². The molecular weight excluding hydrogens is 226 g/mol. The van der Waals surface area contributed by atoms with E-state index in [0.29, 0.717) is 12.0 Å². The second-order valence-corrected chi connectivity index (χ2v) is 5.50. The highest BCUT2D eigenvalue weighted by Gasteiger charge is 2.44. The van der Waals surface area contributed by atoms with Crippen LogP contribution in [0.4, 0.5) is 0 Å². The highest BCUT2D eigenvalue weighted by Crippen LogP contribution is 2.48. The lowest BCUT2D eigenvalue weighted by molar-refractivity contribution is -0.128. The van der Waals surface area contributed by atoms with Crippen molar-refractivity contribution in [1.29, 1.82) is 0 Å². The number of carbonyl (C=O) groups is 1. The molecule has 2 aliphatic rings. The van der Waals surface area contributed by atoms with Gasteiger partial charge in [0.05, 0.1) is 0 Å². The van der Waals surface area contributed by atoms with Gasteiger partial charge in [-0.3, -0.25) is 4.79 Å². The Labute approximate surface area is 108 Å². The molecule has 1 aliphatic heterocycles. The van der Waals surface area contributed by atoms with Crippen molar-refractivity contribution in [2.45, 2.75) is 44.8 Å². The van der Waals surface area contributed by atoms with Gasteiger partial charge in [-0.15, -0.1) is 0 Å². The average Bonchev–Trinajstić information content (AvgIpc) is 3.01. The molecule has 0 aromatic heterocycles. The van der Waals surface area contributed by atoms with Crippen LogP contribution in [0.15, 0.2) is 18.2 Å². The fourth-order valence-corrected chi connectivity index (χ4v) is 2.98. The second kappa shape index (κ2) is 4.01. The number of nitrogens with zero attached hydrogens (tertiary/aromatic N) is 1. The second-order valence-electron chi connectivity index (χ2n) is 5.50. The molecule has 1 heterocycles. The van der Waals surface area contributed by atoms with Crippen molar-refractivity contribution in [3.8, 4) is 5.75 Å². The third kappa shape index (κ3) is 1.78. The predicted octanol–water partition coefficient (Wildman–Crippen LogP) is 2.34. The number of hydrogen-bond donors (Lipinski definition) is 0. The Balaban J connectivity index is 1.84. The van der Waals surface area contributed by atoms with Crippen LogP contribution in [-0.4, -0.2) is 30.0 Å². The number of fused-ring (bicyclic) bond motifs is 1. The van der Waals surface area contributed by atoms with Gasteiger partial charge < -0.3 is 9.64 Å². The lowest BCUT2D eigenvalue weighted by atomic mass is 9.99. The number of benzene rings is 1. The van der Waals surface area contributed by atoms with Crippen molar-refractivity contribution in [2.75, 3.05) is 7.05 Å². The molecule has 1 aromatic rings. The van der Waals surface area contributed by atoms with Crippen LogP contribution < -0.4 is 4.74 Å². The van der Waals surface area contributed by atoms with Crippen LogP contribution in [0.2, 0.25) is 0 Å². The lowest BCUT2D eigenvalue weighted by Gasteiger charge is -2.15. The van der Waals surface area contributed by atoms with E-state index in [9.17, 15) is 4.79 Å². The molecule has 0 bridgehead atoms. The summed E-state index contributed by atoms with van der Waals surface area (Å²) in [5.41, 5.74) is 2.74. The van der Waals surface area contributed by atoms with Crippen LogP contribution in [0.5, 0.6) is 5.75 Å². The Morgan fingerprint density at radius 1 is 1.44 bits per heavy atom. The van der Waals surface area contributed by atoms with Crippen LogP contribution in [-0.2, 0) is 11.2 Å². The summed E-state index contributed by atoms with van der Waals surface area (Å²) in [4.78, 5) is 13.3. The quantitative estimate of drug-likeness (QED) is 0.800. The Bertz CT molecular complexity index is 497. The molecule has 3 atom stereocenters. The van der Waals surface area contributed by atoms with E-state index < -0.39 is 0 Å². The number of carbonyl (C=O) groups excluding carboxylic acids is 1. The number of ether oxygens (including phenoxy) is 1. The first-order chi connectivity index (χ1) is 8.58. The fourth-order valence-electron chi connectivity index (χ4n) is 2.98. The third-order valence-corrected chi connectivity index (χ3v) is 4.14. The van der Waals surface area contributed by atoms with E-state index in [2.05, 4.69) is 25.1 Å². The molecule has 1 aromatic carbocycles. The average molecular weight is 245 g/mol. The van der Waals surface area contributed by atoms with Crippen molar-refractivity contribution in [1.82, 2.24) is 4.90 Å². The Hall–Kier alpha value is -1.51. The monoisotopic (exact) mass is 245 g/mol. The van der Waals surface area contributed by atoms with E-state index in [1.165, 1.54) is 11.1 Å². The van der Waals surface area contributed by atoms with E-state index in [4.69, 9.17) is 4.74 Å². The van der Waals surface area contributed by atoms with E-state index >= 15 is 0 Å². The summed E-state index contributed by atoms with van der Waals surface area (Å²) in [5, 5.41) is 0. The van der Waals surface area contributed by atoms with E-state index in [1.54, 1.807) is 6.92 Å². The minimum atomic E-state index is 0.152. The van der Waals surface area contributed by atoms with Crippen LogP contribution >= 0.6 is 0 Å². The van der Waals surface area contributed by atoms with Gasteiger partial charge in [0.15, 0.2) is 0 Å². The van der Waals surface area contributed by atoms with E-state index in [-0.39, 0.29) is 12.0 Å². The molecule has 1 amide bonds. The molecular formula is C15H19NO2. The van der Waals surface area contributed by atoms with Gasteiger partial charge in [0.1, 0.15) is 11.9 Å². The van der Waals surface area contributed by atoms with Crippen LogP contribution in [0, 0.1) is 0 Å². The number of rotatable bonds is 2. The van der Waals surface area contributed by atoms with Gasteiger partial charge in [0, 0.05) is 37.9 Å². The number of likely N-dealkylation sites (N-methyl/N-ethyl adjacent to an activating group) is 1. The largest absolute Gasteiger partial charge is 0.490 e. The molecule has 0 N–H and O–H groups in total. The third-order valence-electron chi connectivity index (χ3n) is 4.14. The molecule has 1 aliphatic carbocycles. The first kappa shape index (κ1) is 11.6. The summed E-state index contributed by atoms with van der Waals surface area (Å²) in [6, 6.07) is 6.69. The lowest BCUT2D eigenvalue weighted by Crippen LogP contribution is -2.27. The maximum absolute atomic E-state index is 11.4. The Kier molecular flexibility index (Phi) is 2.58. The summed E-state index contributed by atoms with van der Waals surface area (Å²) in [5.74, 6) is 1.69. The molecule has 3 heteroatoms. The SMILES string of the molecule is CC(=O)N(C)C1CC1c1cccc2c1CC(C)O2. The van der Waals surface area contributed by atoms with Crippen molar-refractivity contribution in [3.63, 3.8) is 0 Å². The van der Waals surface area contributed by atoms with Gasteiger partial charge in [-0.05, 0) is 25.0 Å². The summed E-state index contributed by atoms with van der Waals surface area (Å²) in [6.45, 7) is 3.74. The summed E-state index contributed by atoms with van der Waals surface area (Å²) >= 11 is 0. The van der Waals surface area contributed by atoms with Crippen LogP contribution in [0.25, 0.3) is 0 Å². The normalized spacial score (nSPS) is 28.5.